The summed E-state index contributed by atoms with van der Waals surface area (Å²) in [5, 5.41) is 17.6. The number of aromatic amines is 1. The van der Waals surface area contributed by atoms with E-state index >= 15 is 0 Å². The predicted molar refractivity (Wildman–Crippen MR) is 65.7 cm³/mol. The molecule has 0 aliphatic carbocycles. The molecule has 88 valence electrons. The van der Waals surface area contributed by atoms with E-state index in [1.54, 1.807) is 0 Å². The summed E-state index contributed by atoms with van der Waals surface area (Å²) in [4.78, 5) is 0. The first-order chi connectivity index (χ1) is 8.93. The van der Waals surface area contributed by atoms with E-state index in [0.717, 1.165) is 22.1 Å². The third-order valence-corrected chi connectivity index (χ3v) is 2.38. The van der Waals surface area contributed by atoms with Crippen LogP contribution >= 0.6 is 0 Å². The smallest absolute Gasteiger partial charge is 0.135 e. The van der Waals surface area contributed by atoms with E-state index in [0.29, 0.717) is 0 Å². The number of nitrogens with one attached hydrogen (secondary N) is 1. The molecule has 4 aromatic rings. The molecular formula is C12H9N5O. The lowest BCUT2D eigenvalue weighted by Crippen LogP contribution is -1.63. The Balaban J connectivity index is 0.000000111. The Hall–Kier alpha value is -2.76. The van der Waals surface area contributed by atoms with E-state index in [-0.39, 0.29) is 0 Å². The van der Waals surface area contributed by atoms with Crippen LogP contribution in [-0.2, 0) is 0 Å². The van der Waals surface area contributed by atoms with Crippen LogP contribution in [0.2, 0.25) is 0 Å². The molecule has 0 saturated heterocycles. The number of rotatable bonds is 0. The van der Waals surface area contributed by atoms with Crippen molar-refractivity contribution in [3.8, 4) is 0 Å². The quantitative estimate of drug-likeness (QED) is 0.508. The van der Waals surface area contributed by atoms with E-state index in [1.807, 2.05) is 48.5 Å². The van der Waals surface area contributed by atoms with Crippen LogP contribution in [0.5, 0.6) is 0 Å². The highest BCUT2D eigenvalue weighted by atomic mass is 16.6. The van der Waals surface area contributed by atoms with Gasteiger partial charge in [-0.1, -0.05) is 24.3 Å². The zero-order chi connectivity index (χ0) is 12.2. The van der Waals surface area contributed by atoms with E-state index in [9.17, 15) is 0 Å². The second-order valence-electron chi connectivity index (χ2n) is 3.57. The summed E-state index contributed by atoms with van der Waals surface area (Å²) >= 11 is 0. The first-order valence-corrected chi connectivity index (χ1v) is 5.36. The molecule has 0 saturated carbocycles. The molecule has 0 bridgehead atoms. The van der Waals surface area contributed by atoms with Gasteiger partial charge in [-0.25, -0.2) is 4.63 Å². The van der Waals surface area contributed by atoms with E-state index in [2.05, 4.69) is 30.4 Å². The van der Waals surface area contributed by atoms with Crippen molar-refractivity contribution in [2.75, 3.05) is 0 Å². The lowest BCUT2D eigenvalue weighted by molar-refractivity contribution is 0.315. The van der Waals surface area contributed by atoms with Gasteiger partial charge in [0.2, 0.25) is 0 Å². The summed E-state index contributed by atoms with van der Waals surface area (Å²) in [6, 6.07) is 15.2. The molecule has 2 aromatic heterocycles. The van der Waals surface area contributed by atoms with Crippen molar-refractivity contribution in [2.24, 2.45) is 0 Å². The van der Waals surface area contributed by atoms with Gasteiger partial charge >= 0.3 is 0 Å². The molecule has 0 unspecified atom stereocenters. The largest absolute Gasteiger partial charge is 0.243 e. The minimum Gasteiger partial charge on any atom is -0.243 e. The molecule has 2 heterocycles. The van der Waals surface area contributed by atoms with Crippen molar-refractivity contribution in [3.05, 3.63) is 48.5 Å². The monoisotopic (exact) mass is 239 g/mol. The van der Waals surface area contributed by atoms with Gasteiger partial charge in [0.1, 0.15) is 22.1 Å². The number of hydrogen-bond donors (Lipinski definition) is 1. The average Bonchev–Trinajstić information content (AvgIpc) is 3.08. The Morgan fingerprint density at radius 3 is 1.61 bits per heavy atom. The molecule has 2 aromatic carbocycles. The Morgan fingerprint density at radius 2 is 1.11 bits per heavy atom. The molecule has 0 aliphatic rings. The lowest BCUT2D eigenvalue weighted by atomic mass is 10.3. The number of hydrogen-bond acceptors (Lipinski definition) is 5. The van der Waals surface area contributed by atoms with Gasteiger partial charge in [-0.2, -0.15) is 15.4 Å². The highest BCUT2D eigenvalue weighted by Gasteiger charge is 1.93. The molecule has 0 amide bonds. The first-order valence-electron chi connectivity index (χ1n) is 5.36. The zero-order valence-electron chi connectivity index (χ0n) is 9.32. The Kier molecular flexibility index (Phi) is 2.67. The van der Waals surface area contributed by atoms with Crippen LogP contribution in [0.1, 0.15) is 0 Å². The third kappa shape index (κ3) is 2.03. The molecule has 6 nitrogen and oxygen atoms in total. The normalized spacial score (nSPS) is 10.2. The molecule has 4 rings (SSSR count). The van der Waals surface area contributed by atoms with Gasteiger partial charge in [-0.05, 0) is 34.6 Å². The van der Waals surface area contributed by atoms with Gasteiger partial charge in [0.25, 0.3) is 0 Å². The standard InChI is InChI=1S/C6H5N3.C6H4N2O/c2*1-2-4-6-5(3-1)7-9-8-6/h1-4H,(H,7,8,9);1-4H. The van der Waals surface area contributed by atoms with Gasteiger partial charge in [0.15, 0.2) is 0 Å². The maximum absolute atomic E-state index is 4.46. The van der Waals surface area contributed by atoms with Crippen molar-refractivity contribution in [3.63, 3.8) is 0 Å². The molecule has 6 heteroatoms. The van der Waals surface area contributed by atoms with Crippen LogP contribution in [-0.4, -0.2) is 25.7 Å². The molecular weight excluding hydrogens is 230 g/mol. The molecule has 0 fully saturated rings. The van der Waals surface area contributed by atoms with Crippen molar-refractivity contribution in [1.82, 2.24) is 25.7 Å². The second kappa shape index (κ2) is 4.62. The lowest BCUT2D eigenvalue weighted by Gasteiger charge is -1.78. The highest BCUT2D eigenvalue weighted by molar-refractivity contribution is 5.73. The van der Waals surface area contributed by atoms with Gasteiger partial charge in [0.05, 0.1) is 0 Å². The third-order valence-electron chi connectivity index (χ3n) is 2.38. The highest BCUT2D eigenvalue weighted by Crippen LogP contribution is 2.05. The van der Waals surface area contributed by atoms with Gasteiger partial charge in [-0.15, -0.1) is 0 Å². The zero-order valence-corrected chi connectivity index (χ0v) is 9.32. The van der Waals surface area contributed by atoms with Crippen LogP contribution in [0.4, 0.5) is 0 Å². The molecule has 0 atom stereocenters. The second-order valence-corrected chi connectivity index (χ2v) is 3.57. The molecule has 18 heavy (non-hydrogen) atoms. The van der Waals surface area contributed by atoms with Crippen LogP contribution in [0, 0.1) is 0 Å². The van der Waals surface area contributed by atoms with Crippen molar-refractivity contribution >= 4 is 22.1 Å². The van der Waals surface area contributed by atoms with Crippen molar-refractivity contribution < 1.29 is 4.63 Å². The topological polar surface area (TPSA) is 80.5 Å². The van der Waals surface area contributed by atoms with Gasteiger partial charge in [0, 0.05) is 0 Å². The average molecular weight is 239 g/mol. The minimum absolute atomic E-state index is 0.803. The minimum atomic E-state index is 0.803. The molecule has 0 spiro atoms. The Morgan fingerprint density at radius 1 is 0.667 bits per heavy atom. The predicted octanol–water partition coefficient (Wildman–Crippen LogP) is 2.18. The number of fused-ring (bicyclic) bond motifs is 2. The van der Waals surface area contributed by atoms with E-state index in [4.69, 9.17) is 0 Å². The summed E-state index contributed by atoms with van der Waals surface area (Å²) < 4.78 is 4.46. The summed E-state index contributed by atoms with van der Waals surface area (Å²) in [5.74, 6) is 0. The fourth-order valence-electron chi connectivity index (χ4n) is 1.51. The van der Waals surface area contributed by atoms with Gasteiger partial charge in [-0.3, -0.25) is 0 Å². The number of H-pyrrole nitrogens is 1. The van der Waals surface area contributed by atoms with Crippen molar-refractivity contribution in [2.45, 2.75) is 0 Å². The van der Waals surface area contributed by atoms with Crippen molar-refractivity contribution in [1.29, 1.82) is 0 Å². The SMILES string of the molecule is c1ccc2n[nH]nc2c1.c1ccc2nonc2c1. The van der Waals surface area contributed by atoms with E-state index < -0.39 is 0 Å². The fourth-order valence-corrected chi connectivity index (χ4v) is 1.51. The van der Waals surface area contributed by atoms with Crippen LogP contribution < -0.4 is 0 Å². The summed E-state index contributed by atoms with van der Waals surface area (Å²) in [7, 11) is 0. The summed E-state index contributed by atoms with van der Waals surface area (Å²) in [5.41, 5.74) is 3.44. The first kappa shape index (κ1) is 10.4. The Labute approximate surface area is 102 Å². The number of para-hydroxylation sites is 2. The number of aromatic nitrogens is 5. The summed E-state index contributed by atoms with van der Waals surface area (Å²) in [6.07, 6.45) is 0. The number of nitrogens with zero attached hydrogens (tertiary/aromatic N) is 4. The molecule has 0 radical (unpaired) electrons. The van der Waals surface area contributed by atoms with Gasteiger partial charge < -0.3 is 0 Å². The van der Waals surface area contributed by atoms with Crippen LogP contribution in [0.3, 0.4) is 0 Å². The molecule has 0 aliphatic heterocycles. The maximum Gasteiger partial charge on any atom is 0.135 e. The van der Waals surface area contributed by atoms with Crippen LogP contribution in [0.25, 0.3) is 22.1 Å². The Bertz CT molecular complexity index is 634. The fraction of sp³-hybridized carbons (Fsp3) is 0. The number of benzene rings is 2. The van der Waals surface area contributed by atoms with E-state index in [1.165, 1.54) is 0 Å². The molecule has 1 N–H and O–H groups in total. The van der Waals surface area contributed by atoms with Crippen LogP contribution in [0.15, 0.2) is 53.2 Å². The maximum atomic E-state index is 4.46. The summed E-state index contributed by atoms with van der Waals surface area (Å²) in [6.45, 7) is 0.